The van der Waals surface area contributed by atoms with Gasteiger partial charge in [-0.3, -0.25) is 9.59 Å². The summed E-state index contributed by atoms with van der Waals surface area (Å²) in [5.74, 6) is -2.70. The van der Waals surface area contributed by atoms with E-state index in [1.807, 2.05) is 0 Å². The molecule has 0 aromatic heterocycles. The van der Waals surface area contributed by atoms with Crippen molar-refractivity contribution in [1.82, 2.24) is 4.90 Å². The van der Waals surface area contributed by atoms with Crippen molar-refractivity contribution >= 4 is 17.5 Å². The second kappa shape index (κ2) is 7.51. The number of carbonyl (C=O) groups is 2. The lowest BCUT2D eigenvalue weighted by Crippen LogP contribution is -2.41. The molecule has 0 saturated carbocycles. The SMILES string of the molecule is O=C(Nc1ccccc1O)C1CCN(C(=O)c2ccc(F)cc2F)CC1. The smallest absolute Gasteiger partial charge is 0.256 e. The van der Waals surface area contributed by atoms with Crippen molar-refractivity contribution in [2.75, 3.05) is 18.4 Å². The van der Waals surface area contributed by atoms with E-state index in [4.69, 9.17) is 0 Å². The summed E-state index contributed by atoms with van der Waals surface area (Å²) in [4.78, 5) is 26.2. The van der Waals surface area contributed by atoms with Crippen LogP contribution in [0.1, 0.15) is 23.2 Å². The summed E-state index contributed by atoms with van der Waals surface area (Å²) in [5.41, 5.74) is 0.160. The molecule has 2 aromatic carbocycles. The predicted molar refractivity (Wildman–Crippen MR) is 91.7 cm³/mol. The van der Waals surface area contributed by atoms with Gasteiger partial charge in [-0.1, -0.05) is 12.1 Å². The monoisotopic (exact) mass is 360 g/mol. The fraction of sp³-hybridized carbons (Fsp3) is 0.263. The van der Waals surface area contributed by atoms with Crippen molar-refractivity contribution in [3.05, 3.63) is 59.7 Å². The average molecular weight is 360 g/mol. The molecule has 3 rings (SSSR count). The number of likely N-dealkylation sites (tertiary alicyclic amines) is 1. The fourth-order valence-electron chi connectivity index (χ4n) is 2.99. The molecule has 2 amide bonds. The summed E-state index contributed by atoms with van der Waals surface area (Å²) in [6, 6.07) is 9.29. The number of nitrogens with zero attached hydrogens (tertiary/aromatic N) is 1. The first-order valence-corrected chi connectivity index (χ1v) is 8.29. The first-order valence-electron chi connectivity index (χ1n) is 8.29. The summed E-state index contributed by atoms with van der Waals surface area (Å²) in [5, 5.41) is 12.4. The number of rotatable bonds is 3. The molecule has 26 heavy (non-hydrogen) atoms. The number of hydrogen-bond acceptors (Lipinski definition) is 3. The Balaban J connectivity index is 1.59. The number of nitrogens with one attached hydrogen (secondary N) is 1. The Morgan fingerprint density at radius 3 is 2.42 bits per heavy atom. The maximum atomic E-state index is 13.8. The summed E-state index contributed by atoms with van der Waals surface area (Å²) in [6.45, 7) is 0.600. The first kappa shape index (κ1) is 17.8. The first-order chi connectivity index (χ1) is 12.5. The number of halogens is 2. The largest absolute Gasteiger partial charge is 0.506 e. The second-order valence-electron chi connectivity index (χ2n) is 6.20. The van der Waals surface area contributed by atoms with Crippen LogP contribution >= 0.6 is 0 Å². The van der Waals surface area contributed by atoms with Crippen LogP contribution in [0.2, 0.25) is 0 Å². The molecule has 0 bridgehead atoms. The van der Waals surface area contributed by atoms with Crippen LogP contribution in [-0.2, 0) is 4.79 Å². The number of amides is 2. The van der Waals surface area contributed by atoms with Crippen molar-refractivity contribution in [2.45, 2.75) is 12.8 Å². The van der Waals surface area contributed by atoms with Gasteiger partial charge in [0, 0.05) is 25.1 Å². The van der Waals surface area contributed by atoms with E-state index < -0.39 is 17.5 Å². The van der Waals surface area contributed by atoms with E-state index in [1.165, 1.54) is 11.0 Å². The zero-order chi connectivity index (χ0) is 18.7. The Morgan fingerprint density at radius 2 is 1.77 bits per heavy atom. The molecule has 1 aliphatic rings. The van der Waals surface area contributed by atoms with Crippen LogP contribution in [0, 0.1) is 17.6 Å². The van der Waals surface area contributed by atoms with Crippen LogP contribution in [0.5, 0.6) is 5.75 Å². The Morgan fingerprint density at radius 1 is 1.08 bits per heavy atom. The third-order valence-electron chi connectivity index (χ3n) is 4.48. The molecule has 0 radical (unpaired) electrons. The lowest BCUT2D eigenvalue weighted by Gasteiger charge is -2.31. The van der Waals surface area contributed by atoms with Gasteiger partial charge in [-0.15, -0.1) is 0 Å². The standard InChI is InChI=1S/C19H18F2N2O3/c20-13-5-6-14(15(21)11-13)19(26)23-9-7-12(8-10-23)18(25)22-16-3-1-2-4-17(16)24/h1-6,11-12,24H,7-10H2,(H,22,25). The molecular formula is C19H18F2N2O3. The third kappa shape index (κ3) is 3.82. The Bertz CT molecular complexity index is 833. The van der Waals surface area contributed by atoms with Crippen LogP contribution in [0.4, 0.5) is 14.5 Å². The van der Waals surface area contributed by atoms with Gasteiger partial charge in [0.1, 0.15) is 17.4 Å². The molecule has 2 N–H and O–H groups in total. The van der Waals surface area contributed by atoms with Gasteiger partial charge in [0.05, 0.1) is 11.3 Å². The van der Waals surface area contributed by atoms with Crippen LogP contribution in [-0.4, -0.2) is 34.9 Å². The van der Waals surface area contributed by atoms with Gasteiger partial charge in [0.2, 0.25) is 5.91 Å². The highest BCUT2D eigenvalue weighted by molar-refractivity contribution is 5.96. The molecule has 5 nitrogen and oxygen atoms in total. The van der Waals surface area contributed by atoms with Crippen molar-refractivity contribution in [3.63, 3.8) is 0 Å². The van der Waals surface area contributed by atoms with Crippen molar-refractivity contribution in [1.29, 1.82) is 0 Å². The number of phenols is 1. The zero-order valence-corrected chi connectivity index (χ0v) is 13.9. The number of anilines is 1. The quantitative estimate of drug-likeness (QED) is 0.826. The number of hydrogen-bond donors (Lipinski definition) is 2. The lowest BCUT2D eigenvalue weighted by molar-refractivity contribution is -0.121. The van der Waals surface area contributed by atoms with Crippen LogP contribution < -0.4 is 5.32 Å². The molecule has 0 atom stereocenters. The van der Waals surface area contributed by atoms with E-state index in [1.54, 1.807) is 18.2 Å². The number of carbonyl (C=O) groups excluding carboxylic acids is 2. The van der Waals surface area contributed by atoms with E-state index in [2.05, 4.69) is 5.32 Å². The number of piperidine rings is 1. The van der Waals surface area contributed by atoms with Gasteiger partial charge in [0.15, 0.2) is 0 Å². The highest BCUT2D eigenvalue weighted by Gasteiger charge is 2.29. The zero-order valence-electron chi connectivity index (χ0n) is 13.9. The van der Waals surface area contributed by atoms with E-state index in [0.717, 1.165) is 12.1 Å². The minimum absolute atomic E-state index is 0.0137. The third-order valence-corrected chi connectivity index (χ3v) is 4.48. The highest BCUT2D eigenvalue weighted by Crippen LogP contribution is 2.25. The van der Waals surface area contributed by atoms with Gasteiger partial charge in [0.25, 0.3) is 5.91 Å². The Hall–Kier alpha value is -2.96. The van der Waals surface area contributed by atoms with Gasteiger partial charge < -0.3 is 15.3 Å². The molecule has 0 spiro atoms. The molecular weight excluding hydrogens is 342 g/mol. The number of benzene rings is 2. The molecule has 136 valence electrons. The lowest BCUT2D eigenvalue weighted by atomic mass is 9.95. The number of para-hydroxylation sites is 2. The molecule has 7 heteroatoms. The molecule has 0 aliphatic carbocycles. The molecule has 0 unspecified atom stereocenters. The van der Waals surface area contributed by atoms with E-state index >= 15 is 0 Å². The Kier molecular flexibility index (Phi) is 5.16. The van der Waals surface area contributed by atoms with Crippen LogP contribution in [0.3, 0.4) is 0 Å². The minimum atomic E-state index is -0.894. The van der Waals surface area contributed by atoms with Crippen molar-refractivity contribution in [2.24, 2.45) is 5.92 Å². The summed E-state index contributed by atoms with van der Waals surface area (Å²) < 4.78 is 26.7. The fourth-order valence-corrected chi connectivity index (χ4v) is 2.99. The molecule has 1 aliphatic heterocycles. The summed E-state index contributed by atoms with van der Waals surface area (Å²) >= 11 is 0. The number of phenolic OH excluding ortho intramolecular Hbond substituents is 1. The molecule has 1 fully saturated rings. The van der Waals surface area contributed by atoms with E-state index in [0.29, 0.717) is 37.7 Å². The molecule has 1 heterocycles. The van der Waals surface area contributed by atoms with Crippen LogP contribution in [0.25, 0.3) is 0 Å². The molecule has 2 aromatic rings. The maximum Gasteiger partial charge on any atom is 0.256 e. The van der Waals surface area contributed by atoms with Gasteiger partial charge in [-0.05, 0) is 37.1 Å². The Labute approximate surface area is 149 Å². The van der Waals surface area contributed by atoms with E-state index in [9.17, 15) is 23.5 Å². The summed E-state index contributed by atoms with van der Waals surface area (Å²) in [6.07, 6.45) is 0.849. The normalized spacial score (nSPS) is 14.9. The van der Waals surface area contributed by atoms with Gasteiger partial charge >= 0.3 is 0 Å². The topological polar surface area (TPSA) is 69.6 Å². The van der Waals surface area contributed by atoms with Gasteiger partial charge in [-0.25, -0.2) is 8.78 Å². The minimum Gasteiger partial charge on any atom is -0.506 e. The van der Waals surface area contributed by atoms with Crippen molar-refractivity contribution in [3.8, 4) is 5.75 Å². The average Bonchev–Trinajstić information content (AvgIpc) is 2.63. The van der Waals surface area contributed by atoms with Crippen LogP contribution in [0.15, 0.2) is 42.5 Å². The molecule has 1 saturated heterocycles. The highest BCUT2D eigenvalue weighted by atomic mass is 19.1. The van der Waals surface area contributed by atoms with Crippen molar-refractivity contribution < 1.29 is 23.5 Å². The van der Waals surface area contributed by atoms with Gasteiger partial charge in [-0.2, -0.15) is 0 Å². The number of aromatic hydroxyl groups is 1. The maximum absolute atomic E-state index is 13.8. The van der Waals surface area contributed by atoms with E-state index in [-0.39, 0.29) is 23.1 Å². The predicted octanol–water partition coefficient (Wildman–Crippen LogP) is 3.16. The second-order valence-corrected chi connectivity index (χ2v) is 6.20. The summed E-state index contributed by atoms with van der Waals surface area (Å²) in [7, 11) is 0.